The Morgan fingerprint density at radius 2 is 1.18 bits per heavy atom. The Morgan fingerprint density at radius 3 is 1.65 bits per heavy atom. The van der Waals surface area contributed by atoms with E-state index in [0.29, 0.717) is 0 Å². The molecular formula is C49H62N2O8Si. The molecule has 2 amide bonds. The van der Waals surface area contributed by atoms with E-state index in [1.165, 1.54) is 11.9 Å². The molecule has 0 heterocycles. The second-order valence-electron chi connectivity index (χ2n) is 18.6. The van der Waals surface area contributed by atoms with Gasteiger partial charge in [0.2, 0.25) is 5.91 Å². The first-order valence-corrected chi connectivity index (χ1v) is 22.7. The van der Waals surface area contributed by atoms with E-state index < -0.39 is 66.7 Å². The van der Waals surface area contributed by atoms with Crippen molar-refractivity contribution in [2.45, 2.75) is 122 Å². The number of fused-ring (bicyclic) bond motifs is 3. The molecular weight excluding hydrogens is 773 g/mol. The lowest BCUT2D eigenvalue weighted by Gasteiger charge is -2.43. The number of benzene rings is 4. The van der Waals surface area contributed by atoms with Gasteiger partial charge in [-0.05, 0) is 92.6 Å². The SMILES string of the molecule is C[C@@H](OC(C)(C)C)[C@H](NC(=O)[C@H](CCC(=O)OC(C)(C)C)N(C)C(=O)OCC1c2ccccc2-c2ccccc21)C(=O)O[Si](c1ccccc1)(c1ccccc1)C(C)(C)C. The van der Waals surface area contributed by atoms with E-state index in [1.807, 2.05) is 118 Å². The molecule has 5 rings (SSSR count). The third-order valence-corrected chi connectivity index (χ3v) is 15.6. The Kier molecular flexibility index (Phi) is 14.2. The van der Waals surface area contributed by atoms with Gasteiger partial charge < -0.3 is 24.0 Å². The molecule has 0 spiro atoms. The van der Waals surface area contributed by atoms with Crippen molar-refractivity contribution in [1.29, 1.82) is 0 Å². The summed E-state index contributed by atoms with van der Waals surface area (Å²) >= 11 is 0. The maximum absolute atomic E-state index is 15.0. The average molecular weight is 835 g/mol. The van der Waals surface area contributed by atoms with Crippen LogP contribution in [0.5, 0.6) is 0 Å². The Morgan fingerprint density at radius 1 is 0.700 bits per heavy atom. The van der Waals surface area contributed by atoms with Crippen LogP contribution in [0.3, 0.4) is 0 Å². The molecule has 3 atom stereocenters. The second kappa shape index (κ2) is 18.6. The Bertz CT molecular complexity index is 2040. The highest BCUT2D eigenvalue weighted by Gasteiger charge is 2.54. The second-order valence-corrected chi connectivity index (χ2v) is 22.8. The zero-order valence-corrected chi connectivity index (χ0v) is 38.0. The van der Waals surface area contributed by atoms with Crippen LogP contribution in [0, 0.1) is 0 Å². The molecule has 4 aromatic carbocycles. The van der Waals surface area contributed by atoms with Crippen molar-refractivity contribution < 1.29 is 37.8 Å². The summed E-state index contributed by atoms with van der Waals surface area (Å²) in [5, 5.41) is 4.15. The van der Waals surface area contributed by atoms with E-state index >= 15 is 0 Å². The summed E-state index contributed by atoms with van der Waals surface area (Å²) in [5.74, 6) is -2.10. The number of rotatable bonds is 14. The fourth-order valence-electron chi connectivity index (χ4n) is 8.08. The highest BCUT2D eigenvalue weighted by molar-refractivity contribution is 7.00. The van der Waals surface area contributed by atoms with E-state index in [1.54, 1.807) is 27.7 Å². The molecule has 10 nitrogen and oxygen atoms in total. The summed E-state index contributed by atoms with van der Waals surface area (Å²) in [7, 11) is -1.97. The zero-order valence-electron chi connectivity index (χ0n) is 37.0. The highest BCUT2D eigenvalue weighted by Crippen LogP contribution is 2.44. The minimum Gasteiger partial charge on any atom is -0.508 e. The number of nitrogens with zero attached hydrogens (tertiary/aromatic N) is 1. The third kappa shape index (κ3) is 10.7. The lowest BCUT2D eigenvalue weighted by molar-refractivity contribution is -0.155. The Labute approximate surface area is 357 Å². The molecule has 1 N–H and O–H groups in total. The van der Waals surface area contributed by atoms with Crippen LogP contribution >= 0.6 is 0 Å². The number of carbonyl (C=O) groups excluding carboxylic acids is 4. The number of esters is 1. The predicted molar refractivity (Wildman–Crippen MR) is 238 cm³/mol. The van der Waals surface area contributed by atoms with E-state index in [-0.39, 0.29) is 25.4 Å². The van der Waals surface area contributed by atoms with E-state index in [4.69, 9.17) is 18.6 Å². The molecule has 0 unspecified atom stereocenters. The molecule has 0 aliphatic heterocycles. The van der Waals surface area contributed by atoms with Gasteiger partial charge in [0.05, 0.1) is 11.7 Å². The third-order valence-electron chi connectivity index (χ3n) is 10.7. The lowest BCUT2D eigenvalue weighted by Crippen LogP contribution is -2.69. The smallest absolute Gasteiger partial charge is 0.410 e. The van der Waals surface area contributed by atoms with Gasteiger partial charge >= 0.3 is 26.3 Å². The number of hydrogen-bond acceptors (Lipinski definition) is 8. The van der Waals surface area contributed by atoms with E-state index in [9.17, 15) is 19.2 Å². The van der Waals surface area contributed by atoms with Crippen molar-refractivity contribution in [3.63, 3.8) is 0 Å². The normalized spacial score (nSPS) is 14.5. The predicted octanol–water partition coefficient (Wildman–Crippen LogP) is 8.15. The molecule has 0 fully saturated rings. The van der Waals surface area contributed by atoms with Crippen molar-refractivity contribution in [1.82, 2.24) is 10.2 Å². The van der Waals surface area contributed by atoms with Crippen molar-refractivity contribution in [2.24, 2.45) is 0 Å². The fraction of sp³-hybridized carbons (Fsp3) is 0.429. The maximum atomic E-state index is 15.0. The van der Waals surface area contributed by atoms with Crippen LogP contribution in [0.15, 0.2) is 109 Å². The number of nitrogens with one attached hydrogen (secondary N) is 1. The topological polar surface area (TPSA) is 120 Å². The molecule has 0 radical (unpaired) electrons. The summed E-state index contributed by atoms with van der Waals surface area (Å²) in [6.45, 7) is 18.8. The summed E-state index contributed by atoms with van der Waals surface area (Å²) in [6.07, 6.45) is -1.91. The van der Waals surface area contributed by atoms with Crippen molar-refractivity contribution in [2.75, 3.05) is 13.7 Å². The number of ether oxygens (including phenoxy) is 3. The fourth-order valence-corrected chi connectivity index (χ4v) is 12.4. The molecule has 0 saturated carbocycles. The molecule has 0 bridgehead atoms. The largest absolute Gasteiger partial charge is 0.508 e. The molecule has 1 aliphatic rings. The highest BCUT2D eigenvalue weighted by atomic mass is 28.4. The number of likely N-dealkylation sites (N-methyl/N-ethyl adjacent to an activating group) is 1. The Hall–Kier alpha value is -5.26. The van der Waals surface area contributed by atoms with E-state index in [0.717, 1.165) is 32.6 Å². The molecule has 1 aliphatic carbocycles. The molecule has 60 heavy (non-hydrogen) atoms. The Balaban J connectivity index is 1.47. The molecule has 4 aromatic rings. The first kappa shape index (κ1) is 45.8. The first-order valence-electron chi connectivity index (χ1n) is 20.7. The number of carbonyl (C=O) groups is 4. The van der Waals surface area contributed by atoms with Crippen LogP contribution in [0.25, 0.3) is 11.1 Å². The van der Waals surface area contributed by atoms with Gasteiger partial charge in [-0.3, -0.25) is 19.3 Å². The van der Waals surface area contributed by atoms with Crippen molar-refractivity contribution in [3.05, 3.63) is 120 Å². The van der Waals surface area contributed by atoms with Crippen molar-refractivity contribution >= 4 is 42.6 Å². The minimum atomic E-state index is -3.43. The van der Waals surface area contributed by atoms with Gasteiger partial charge in [0.1, 0.15) is 18.2 Å². The van der Waals surface area contributed by atoms with Crippen LogP contribution < -0.4 is 15.7 Å². The molecule has 0 aromatic heterocycles. The maximum Gasteiger partial charge on any atom is 0.410 e. The summed E-state index contributed by atoms with van der Waals surface area (Å²) in [6, 6.07) is 33.0. The average Bonchev–Trinajstić information content (AvgIpc) is 3.50. The van der Waals surface area contributed by atoms with Gasteiger partial charge in [0, 0.05) is 19.4 Å². The van der Waals surface area contributed by atoms with Gasteiger partial charge in [-0.25, -0.2) is 4.79 Å². The molecule has 11 heteroatoms. The molecule has 320 valence electrons. The summed E-state index contributed by atoms with van der Waals surface area (Å²) in [4.78, 5) is 57.9. The van der Waals surface area contributed by atoms with Gasteiger partial charge in [-0.1, -0.05) is 130 Å². The first-order chi connectivity index (χ1) is 28.1. The van der Waals surface area contributed by atoms with Gasteiger partial charge in [0.25, 0.3) is 0 Å². The molecule has 0 saturated heterocycles. The zero-order chi connectivity index (χ0) is 44.0. The van der Waals surface area contributed by atoms with Crippen molar-refractivity contribution in [3.8, 4) is 11.1 Å². The quantitative estimate of drug-likeness (QED) is 0.0999. The monoisotopic (exact) mass is 834 g/mol. The number of hydrogen-bond donors (Lipinski definition) is 1. The number of amides is 2. The van der Waals surface area contributed by atoms with Crippen LogP contribution in [-0.4, -0.2) is 80.2 Å². The lowest BCUT2D eigenvalue weighted by atomic mass is 9.98. The summed E-state index contributed by atoms with van der Waals surface area (Å²) < 4.78 is 24.8. The van der Waals surface area contributed by atoms with Crippen LogP contribution in [-0.2, 0) is 33.0 Å². The van der Waals surface area contributed by atoms with Gasteiger partial charge in [-0.15, -0.1) is 0 Å². The van der Waals surface area contributed by atoms with Gasteiger partial charge in [0.15, 0.2) is 6.04 Å². The minimum absolute atomic E-state index is 0.0293. The summed E-state index contributed by atoms with van der Waals surface area (Å²) in [5.41, 5.74) is 2.79. The van der Waals surface area contributed by atoms with Gasteiger partial charge in [-0.2, -0.15) is 0 Å². The van der Waals surface area contributed by atoms with E-state index in [2.05, 4.69) is 38.2 Å². The van der Waals surface area contributed by atoms with Crippen LogP contribution in [0.1, 0.15) is 99.1 Å². The van der Waals surface area contributed by atoms with Crippen LogP contribution in [0.2, 0.25) is 5.04 Å². The standard InChI is InChI=1S/C49H62N2O8Si/c1-33(57-47(2,3)4)43(45(54)59-60(49(8,9)10,34-22-14-12-15-23-34)35-24-16-13-17-25-35)50-44(53)41(30-31-42(52)58-48(5,6)7)51(11)46(55)56-32-40-38-28-20-18-26-36(38)37-27-19-21-29-39(37)40/h12-29,33,40-41,43H,30-32H2,1-11H3,(H,50,53)/t33-,41+,43+/m1/s1. The van der Waals surface area contributed by atoms with Crippen LogP contribution in [0.4, 0.5) is 4.79 Å².